The minimum Gasteiger partial charge on any atom is -0.443 e. The highest BCUT2D eigenvalue weighted by atomic mass is 32.1. The second kappa shape index (κ2) is 5.85. The summed E-state index contributed by atoms with van der Waals surface area (Å²) >= 11 is 1.32. The van der Waals surface area contributed by atoms with Crippen molar-refractivity contribution in [2.24, 2.45) is 0 Å². The fourth-order valence-electron chi connectivity index (χ4n) is 1.59. The number of hydrogen-bond acceptors (Lipinski definition) is 5. The second-order valence-corrected chi connectivity index (χ2v) is 6.47. The summed E-state index contributed by atoms with van der Waals surface area (Å²) in [6, 6.07) is 3.71. The molecule has 2 aromatic heterocycles. The Bertz CT molecular complexity index is 637. The van der Waals surface area contributed by atoms with Crippen molar-refractivity contribution in [1.82, 2.24) is 9.97 Å². The number of aromatic nitrogens is 2. The van der Waals surface area contributed by atoms with Crippen molar-refractivity contribution in [2.45, 2.75) is 26.4 Å². The average molecular weight is 301 g/mol. The van der Waals surface area contributed by atoms with Crippen molar-refractivity contribution in [3.05, 3.63) is 24.5 Å². The molecule has 1 amide bonds. The van der Waals surface area contributed by atoms with E-state index < -0.39 is 11.7 Å². The van der Waals surface area contributed by atoms with E-state index >= 15 is 0 Å². The van der Waals surface area contributed by atoms with Crippen LogP contribution in [0, 0.1) is 0 Å². The van der Waals surface area contributed by atoms with Crippen molar-refractivity contribution in [3.63, 3.8) is 0 Å². The lowest BCUT2D eigenvalue weighted by molar-refractivity contribution is 0.0590. The first kappa shape index (κ1) is 15.5. The first-order chi connectivity index (χ1) is 9.78. The summed E-state index contributed by atoms with van der Waals surface area (Å²) in [5.41, 5.74) is 0.599. The molecule has 0 saturated heterocycles. The van der Waals surface area contributed by atoms with Crippen LogP contribution in [0.15, 0.2) is 24.5 Å². The molecule has 21 heavy (non-hydrogen) atoms. The molecular weight excluding hydrogens is 285 g/mol. The van der Waals surface area contributed by atoms with Gasteiger partial charge in [0, 0.05) is 30.6 Å². The van der Waals surface area contributed by atoms with Crippen molar-refractivity contribution < 1.29 is 9.53 Å². The highest BCUT2D eigenvalue weighted by Gasteiger charge is 2.23. The number of hydrogen-bond donors (Lipinski definition) is 0. The Morgan fingerprint density at radius 1 is 1.43 bits per heavy atom. The lowest BCUT2D eigenvalue weighted by Crippen LogP contribution is -2.35. The van der Waals surface area contributed by atoms with Crippen LogP contribution in [0.1, 0.15) is 20.8 Å². The number of anilines is 1. The topological polar surface area (TPSA) is 55.3 Å². The van der Waals surface area contributed by atoms with Gasteiger partial charge in [0.15, 0.2) is 0 Å². The standard InChI is InChI=1S/C14H16BN3O2S/c1-14(2,3)20-13(19)18(4)12-10(15)17-11(21-12)9-6-5-7-16-8-9/h5-8H,1-4H3. The van der Waals surface area contributed by atoms with Crippen LogP contribution in [0.4, 0.5) is 9.80 Å². The summed E-state index contributed by atoms with van der Waals surface area (Å²) in [6.45, 7) is 5.45. The maximum Gasteiger partial charge on any atom is 0.415 e. The molecule has 0 bridgehead atoms. The molecule has 0 spiro atoms. The molecule has 108 valence electrons. The van der Waals surface area contributed by atoms with E-state index in [-0.39, 0.29) is 0 Å². The van der Waals surface area contributed by atoms with Crippen molar-refractivity contribution in [2.75, 3.05) is 11.9 Å². The van der Waals surface area contributed by atoms with Gasteiger partial charge in [-0.3, -0.25) is 14.9 Å². The third-order valence-electron chi connectivity index (χ3n) is 2.51. The van der Waals surface area contributed by atoms with Crippen LogP contribution in [0.5, 0.6) is 0 Å². The van der Waals surface area contributed by atoms with Gasteiger partial charge >= 0.3 is 6.09 Å². The summed E-state index contributed by atoms with van der Waals surface area (Å²) in [6.07, 6.45) is 2.93. The third-order valence-corrected chi connectivity index (χ3v) is 3.71. The molecule has 7 heteroatoms. The zero-order valence-electron chi connectivity index (χ0n) is 12.5. The maximum atomic E-state index is 12.1. The molecule has 0 fully saturated rings. The van der Waals surface area contributed by atoms with Gasteiger partial charge in [-0.25, -0.2) is 4.79 Å². The highest BCUT2D eigenvalue weighted by molar-refractivity contribution is 7.20. The smallest absolute Gasteiger partial charge is 0.415 e. The predicted octanol–water partition coefficient (Wildman–Crippen LogP) is 2.37. The van der Waals surface area contributed by atoms with Gasteiger partial charge in [-0.1, -0.05) is 11.3 Å². The van der Waals surface area contributed by atoms with Crippen molar-refractivity contribution >= 4 is 35.9 Å². The normalized spacial score (nSPS) is 11.2. The highest BCUT2D eigenvalue weighted by Crippen LogP contribution is 2.28. The third kappa shape index (κ3) is 3.82. The van der Waals surface area contributed by atoms with E-state index in [0.29, 0.717) is 15.6 Å². The lowest BCUT2D eigenvalue weighted by atomic mass is 10.1. The Morgan fingerprint density at radius 3 is 2.71 bits per heavy atom. The van der Waals surface area contributed by atoms with Gasteiger partial charge in [0.2, 0.25) is 0 Å². The molecule has 2 aromatic rings. The van der Waals surface area contributed by atoms with Crippen LogP contribution in [-0.2, 0) is 4.74 Å². The average Bonchev–Trinajstić information content (AvgIpc) is 2.79. The Kier molecular flexibility index (Phi) is 4.32. The van der Waals surface area contributed by atoms with Crippen LogP contribution in [0.3, 0.4) is 0 Å². The van der Waals surface area contributed by atoms with Crippen molar-refractivity contribution in [1.29, 1.82) is 0 Å². The molecule has 0 N–H and O–H groups in total. The fraction of sp³-hybridized carbons (Fsp3) is 0.357. The Balaban J connectivity index is 2.25. The van der Waals surface area contributed by atoms with Gasteiger partial charge < -0.3 is 4.74 Å². The van der Waals surface area contributed by atoms with Crippen molar-refractivity contribution in [3.8, 4) is 10.6 Å². The number of rotatable bonds is 2. The lowest BCUT2D eigenvalue weighted by Gasteiger charge is -2.24. The Morgan fingerprint density at radius 2 is 2.14 bits per heavy atom. The molecule has 2 heterocycles. The summed E-state index contributed by atoms with van der Waals surface area (Å²) < 4.78 is 5.32. The van der Waals surface area contributed by atoms with Gasteiger partial charge in [-0.05, 0) is 32.9 Å². The van der Waals surface area contributed by atoms with E-state index in [1.165, 1.54) is 16.2 Å². The molecule has 0 aliphatic rings. The molecule has 0 aliphatic carbocycles. The first-order valence-electron chi connectivity index (χ1n) is 6.41. The number of amides is 1. The van der Waals surface area contributed by atoms with E-state index in [4.69, 9.17) is 12.6 Å². The van der Waals surface area contributed by atoms with E-state index in [1.54, 1.807) is 19.4 Å². The summed E-state index contributed by atoms with van der Waals surface area (Å²) in [7, 11) is 7.53. The zero-order chi connectivity index (χ0) is 15.6. The quantitative estimate of drug-likeness (QED) is 0.799. The minimum absolute atomic E-state index is 0.298. The van der Waals surface area contributed by atoms with Crippen LogP contribution in [0.25, 0.3) is 10.6 Å². The zero-order valence-corrected chi connectivity index (χ0v) is 13.3. The Labute approximate surface area is 129 Å². The first-order valence-corrected chi connectivity index (χ1v) is 7.23. The SMILES string of the molecule is [B]c1nc(-c2cccnc2)sc1N(C)C(=O)OC(C)(C)C. The monoisotopic (exact) mass is 301 g/mol. The van der Waals surface area contributed by atoms with E-state index in [2.05, 4.69) is 9.97 Å². The summed E-state index contributed by atoms with van der Waals surface area (Å²) in [4.78, 5) is 21.8. The number of pyridine rings is 1. The van der Waals surface area contributed by atoms with E-state index in [9.17, 15) is 4.79 Å². The molecule has 0 aromatic carbocycles. The molecule has 2 rings (SSSR count). The molecule has 5 nitrogen and oxygen atoms in total. The van der Waals surface area contributed by atoms with E-state index in [0.717, 1.165) is 5.56 Å². The summed E-state index contributed by atoms with van der Waals surface area (Å²) in [5, 5.41) is 1.27. The number of carbonyl (C=O) groups is 1. The van der Waals surface area contributed by atoms with Crippen LogP contribution < -0.4 is 10.5 Å². The van der Waals surface area contributed by atoms with Crippen LogP contribution >= 0.6 is 11.3 Å². The molecule has 0 atom stereocenters. The number of thiazole rings is 1. The van der Waals surface area contributed by atoms with E-state index in [1.807, 2.05) is 32.9 Å². The molecule has 0 aliphatic heterocycles. The van der Waals surface area contributed by atoms with Gasteiger partial charge in [-0.2, -0.15) is 0 Å². The molecular formula is C14H16BN3O2S. The maximum absolute atomic E-state index is 12.1. The number of ether oxygens (including phenoxy) is 1. The summed E-state index contributed by atoms with van der Waals surface area (Å²) in [5.74, 6) is 0. The van der Waals surface area contributed by atoms with Gasteiger partial charge in [0.05, 0.1) is 0 Å². The van der Waals surface area contributed by atoms with Gasteiger partial charge in [-0.15, -0.1) is 0 Å². The number of nitrogens with zero attached hydrogens (tertiary/aromatic N) is 3. The second-order valence-electron chi connectivity index (χ2n) is 5.49. The molecule has 0 unspecified atom stereocenters. The largest absolute Gasteiger partial charge is 0.443 e. The van der Waals surface area contributed by atoms with Gasteiger partial charge in [0.1, 0.15) is 23.5 Å². The number of carbonyl (C=O) groups excluding carboxylic acids is 1. The Hall–Kier alpha value is -1.89. The minimum atomic E-state index is -0.559. The molecule has 2 radical (unpaired) electrons. The molecule has 0 saturated carbocycles. The van der Waals surface area contributed by atoms with Gasteiger partial charge in [0.25, 0.3) is 0 Å². The van der Waals surface area contributed by atoms with Crippen LogP contribution in [0.2, 0.25) is 0 Å². The fourth-order valence-corrected chi connectivity index (χ4v) is 2.52. The predicted molar refractivity (Wildman–Crippen MR) is 85.4 cm³/mol. The van der Waals surface area contributed by atoms with Crippen LogP contribution in [-0.4, -0.2) is 36.6 Å².